The molecule has 3 aliphatic rings. The van der Waals surface area contributed by atoms with E-state index in [0.717, 1.165) is 38.3 Å². The van der Waals surface area contributed by atoms with Crippen molar-refractivity contribution in [2.45, 2.75) is 37.8 Å². The first-order valence-electron chi connectivity index (χ1n) is 10.9. The standard InChI is InChI=1S/C22H23FN4O5S/c1-33(30,31)32-22(29)16-10-27(13-4-5-13)19-14(21(16)28)7-17(23)20(15(19)8-24)26-9-12-3-2-6-25-18(12)11-26/h7,10,12-13,18,25H,2-6,9,11H2,1H3/t12-,18+/m0/s1. The van der Waals surface area contributed by atoms with Crippen LogP contribution in [0.1, 0.15) is 47.6 Å². The second-order valence-corrected chi connectivity index (χ2v) is 10.6. The van der Waals surface area contributed by atoms with E-state index in [1.807, 2.05) is 4.90 Å². The third-order valence-corrected chi connectivity index (χ3v) is 7.11. The minimum atomic E-state index is -4.15. The molecule has 0 amide bonds. The van der Waals surface area contributed by atoms with Crippen molar-refractivity contribution in [2.75, 3.05) is 30.8 Å². The minimum absolute atomic E-state index is 0.0516. The van der Waals surface area contributed by atoms with Gasteiger partial charge in [-0.1, -0.05) is 0 Å². The maximum Gasteiger partial charge on any atom is 0.359 e. The molecule has 9 nitrogen and oxygen atoms in total. The molecule has 0 spiro atoms. The number of halogens is 1. The summed E-state index contributed by atoms with van der Waals surface area (Å²) in [5, 5.41) is 13.4. The fourth-order valence-electron chi connectivity index (χ4n) is 5.09. The van der Waals surface area contributed by atoms with Crippen molar-refractivity contribution in [2.24, 2.45) is 5.92 Å². The summed E-state index contributed by atoms with van der Waals surface area (Å²) >= 11 is 0. The summed E-state index contributed by atoms with van der Waals surface area (Å²) in [5.74, 6) is -1.68. The number of hydrogen-bond donors (Lipinski definition) is 1. The van der Waals surface area contributed by atoms with Crippen LogP contribution in [0.2, 0.25) is 0 Å². The van der Waals surface area contributed by atoms with Crippen molar-refractivity contribution < 1.29 is 21.8 Å². The lowest BCUT2D eigenvalue weighted by Crippen LogP contribution is -2.40. The maximum absolute atomic E-state index is 15.5. The van der Waals surface area contributed by atoms with Crippen molar-refractivity contribution in [1.82, 2.24) is 9.88 Å². The number of carbonyl (C=O) groups excluding carboxylic acids is 1. The number of benzene rings is 1. The van der Waals surface area contributed by atoms with Gasteiger partial charge in [-0.25, -0.2) is 9.18 Å². The van der Waals surface area contributed by atoms with E-state index in [-0.39, 0.29) is 34.2 Å². The van der Waals surface area contributed by atoms with Crippen LogP contribution in [0.5, 0.6) is 0 Å². The maximum atomic E-state index is 15.5. The highest BCUT2D eigenvalue weighted by Gasteiger charge is 2.38. The Bertz CT molecular complexity index is 1360. The Morgan fingerprint density at radius 2 is 2.06 bits per heavy atom. The van der Waals surface area contributed by atoms with E-state index < -0.39 is 32.9 Å². The van der Waals surface area contributed by atoms with Gasteiger partial charge in [0.25, 0.3) is 0 Å². The van der Waals surface area contributed by atoms with Crippen LogP contribution in [0.3, 0.4) is 0 Å². The Morgan fingerprint density at radius 1 is 1.30 bits per heavy atom. The summed E-state index contributed by atoms with van der Waals surface area (Å²) in [6.45, 7) is 2.09. The molecule has 2 aromatic rings. The average Bonchev–Trinajstić information content (AvgIpc) is 3.50. The van der Waals surface area contributed by atoms with E-state index in [1.54, 1.807) is 4.57 Å². The molecule has 33 heavy (non-hydrogen) atoms. The third-order valence-electron chi connectivity index (χ3n) is 6.66. The third kappa shape index (κ3) is 3.87. The van der Waals surface area contributed by atoms with Crippen molar-refractivity contribution in [3.63, 3.8) is 0 Å². The zero-order chi connectivity index (χ0) is 23.5. The summed E-state index contributed by atoms with van der Waals surface area (Å²) < 4.78 is 44.3. The van der Waals surface area contributed by atoms with Crippen LogP contribution in [-0.2, 0) is 14.3 Å². The van der Waals surface area contributed by atoms with Gasteiger partial charge in [0.15, 0.2) is 0 Å². The van der Waals surface area contributed by atoms with Gasteiger partial charge in [0.05, 0.1) is 22.8 Å². The molecule has 5 rings (SSSR count). The number of hydrogen-bond acceptors (Lipinski definition) is 8. The predicted octanol–water partition coefficient (Wildman–Crippen LogP) is 1.65. The van der Waals surface area contributed by atoms with Gasteiger partial charge in [-0.05, 0) is 44.2 Å². The minimum Gasteiger partial charge on any atom is -0.366 e. The number of piperidine rings is 1. The highest BCUT2D eigenvalue weighted by atomic mass is 32.2. The molecule has 11 heteroatoms. The second kappa shape index (κ2) is 7.81. The molecule has 0 unspecified atom stereocenters. The first kappa shape index (κ1) is 21.9. The van der Waals surface area contributed by atoms with Gasteiger partial charge in [-0.3, -0.25) is 4.79 Å². The molecule has 1 N–H and O–H groups in total. The smallest absolute Gasteiger partial charge is 0.359 e. The number of aromatic nitrogens is 1. The largest absolute Gasteiger partial charge is 0.366 e. The zero-order valence-electron chi connectivity index (χ0n) is 18.0. The molecule has 1 aliphatic carbocycles. The average molecular weight is 475 g/mol. The summed E-state index contributed by atoms with van der Waals surface area (Å²) in [6, 6.07) is 3.30. The van der Waals surface area contributed by atoms with Gasteiger partial charge in [-0.15, -0.1) is 0 Å². The lowest BCUT2D eigenvalue weighted by molar-refractivity contribution is 0.0746. The number of nitrogens with zero attached hydrogens (tertiary/aromatic N) is 3. The zero-order valence-corrected chi connectivity index (χ0v) is 18.8. The Kier molecular flexibility index (Phi) is 5.17. The number of rotatable bonds is 4. The number of nitrogens with one attached hydrogen (secondary N) is 1. The normalized spacial score (nSPS) is 22.8. The summed E-state index contributed by atoms with van der Waals surface area (Å²) in [5.41, 5.74) is -0.890. The number of carbonyl (C=O) groups is 1. The van der Waals surface area contributed by atoms with Crippen molar-refractivity contribution in [3.05, 3.63) is 39.4 Å². The van der Waals surface area contributed by atoms with Crippen LogP contribution in [0.4, 0.5) is 10.1 Å². The van der Waals surface area contributed by atoms with Crippen molar-refractivity contribution in [1.29, 1.82) is 5.26 Å². The number of pyridine rings is 1. The molecule has 2 atom stereocenters. The number of fused-ring (bicyclic) bond motifs is 2. The Labute approximate surface area is 189 Å². The molecule has 2 aliphatic heterocycles. The van der Waals surface area contributed by atoms with E-state index in [4.69, 9.17) is 0 Å². The molecule has 1 aromatic carbocycles. The van der Waals surface area contributed by atoms with Crippen LogP contribution in [0, 0.1) is 23.1 Å². The first-order valence-corrected chi connectivity index (χ1v) is 12.7. The van der Waals surface area contributed by atoms with E-state index in [2.05, 4.69) is 15.6 Å². The lowest BCUT2D eigenvalue weighted by Gasteiger charge is -2.24. The van der Waals surface area contributed by atoms with Crippen LogP contribution in [0.25, 0.3) is 10.9 Å². The molecule has 3 heterocycles. The molecule has 0 bridgehead atoms. The van der Waals surface area contributed by atoms with Crippen LogP contribution < -0.4 is 15.6 Å². The second-order valence-electron chi connectivity index (χ2n) is 9.04. The fourth-order valence-corrected chi connectivity index (χ4v) is 5.46. The van der Waals surface area contributed by atoms with E-state index >= 15 is 4.39 Å². The molecule has 174 valence electrons. The Hall–Kier alpha value is -2.97. The molecular weight excluding hydrogens is 451 g/mol. The summed E-state index contributed by atoms with van der Waals surface area (Å²) in [6.07, 6.45) is 5.54. The Morgan fingerprint density at radius 3 is 2.70 bits per heavy atom. The first-order chi connectivity index (χ1) is 15.7. The van der Waals surface area contributed by atoms with Gasteiger partial charge in [0, 0.05) is 31.4 Å². The molecule has 2 saturated heterocycles. The molecule has 3 fully saturated rings. The Balaban J connectivity index is 1.70. The van der Waals surface area contributed by atoms with Gasteiger partial charge in [-0.2, -0.15) is 13.7 Å². The van der Waals surface area contributed by atoms with E-state index in [1.165, 1.54) is 6.20 Å². The van der Waals surface area contributed by atoms with E-state index in [9.17, 15) is 23.3 Å². The highest BCUT2D eigenvalue weighted by molar-refractivity contribution is 7.86. The van der Waals surface area contributed by atoms with Gasteiger partial charge < -0.3 is 19.0 Å². The van der Waals surface area contributed by atoms with Crippen LogP contribution >= 0.6 is 0 Å². The summed E-state index contributed by atoms with van der Waals surface area (Å²) in [4.78, 5) is 27.4. The SMILES string of the molecule is CS(=O)(=O)OC(=O)c1cn(C2CC2)c2c(C#N)c(N3C[C@@H]4CCCN[C@@H]4C3)c(F)cc2c1=O. The van der Waals surface area contributed by atoms with Gasteiger partial charge >= 0.3 is 16.1 Å². The quantitative estimate of drug-likeness (QED) is 0.664. The molecule has 0 radical (unpaired) electrons. The topological polar surface area (TPSA) is 122 Å². The predicted molar refractivity (Wildman–Crippen MR) is 118 cm³/mol. The van der Waals surface area contributed by atoms with Gasteiger partial charge in [0.1, 0.15) is 23.0 Å². The van der Waals surface area contributed by atoms with Crippen molar-refractivity contribution >= 4 is 32.7 Å². The lowest BCUT2D eigenvalue weighted by atomic mass is 9.94. The summed E-state index contributed by atoms with van der Waals surface area (Å²) in [7, 11) is -4.15. The van der Waals surface area contributed by atoms with Crippen LogP contribution in [-0.4, -0.2) is 50.9 Å². The van der Waals surface area contributed by atoms with Crippen LogP contribution in [0.15, 0.2) is 17.1 Å². The van der Waals surface area contributed by atoms with Crippen molar-refractivity contribution in [3.8, 4) is 6.07 Å². The number of nitriles is 1. The molecule has 1 saturated carbocycles. The fraction of sp³-hybridized carbons (Fsp3) is 0.500. The number of anilines is 1. The molecular formula is C22H23FN4O5S. The highest BCUT2D eigenvalue weighted by Crippen LogP contribution is 2.41. The van der Waals surface area contributed by atoms with Gasteiger partial charge in [0.2, 0.25) is 5.43 Å². The van der Waals surface area contributed by atoms with E-state index in [0.29, 0.717) is 25.3 Å². The monoisotopic (exact) mass is 474 g/mol. The molecule has 1 aromatic heterocycles.